The van der Waals surface area contributed by atoms with Crippen LogP contribution in [-0.4, -0.2) is 31.9 Å². The Morgan fingerprint density at radius 3 is 1.59 bits per heavy atom. The number of hydrogen-bond acceptors (Lipinski definition) is 6. The van der Waals surface area contributed by atoms with Gasteiger partial charge in [0, 0.05) is 34.1 Å². The molecule has 0 aromatic heterocycles. The molecule has 0 amide bonds. The number of carbonyl (C=O) groups is 2. The Hall–Kier alpha value is -4.94. The van der Waals surface area contributed by atoms with E-state index in [4.69, 9.17) is 18.9 Å². The summed E-state index contributed by atoms with van der Waals surface area (Å²) in [5, 5.41) is 3.81. The number of rotatable bonds is 2. The Morgan fingerprint density at radius 1 is 0.703 bits per heavy atom. The molecule has 0 saturated heterocycles. The Kier molecular flexibility index (Phi) is 6.66. The van der Waals surface area contributed by atoms with Gasteiger partial charge in [-0.3, -0.25) is 0 Å². The van der Waals surface area contributed by atoms with Crippen molar-refractivity contribution in [3.05, 3.63) is 71.8 Å². The van der Waals surface area contributed by atoms with E-state index in [-0.39, 0.29) is 20.0 Å². The van der Waals surface area contributed by atoms with Gasteiger partial charge in [-0.15, -0.1) is 0 Å². The molecule has 0 saturated carbocycles. The molecule has 4 aromatic carbocycles. The number of ether oxygens (including phenoxy) is 4. The van der Waals surface area contributed by atoms with Crippen LogP contribution in [0.5, 0.6) is 11.5 Å². The van der Waals surface area contributed by atoms with Crippen molar-refractivity contribution in [3.63, 3.8) is 0 Å². The van der Waals surface area contributed by atoms with Gasteiger partial charge >= 0.3 is 11.9 Å². The van der Waals surface area contributed by atoms with Gasteiger partial charge in [0.2, 0.25) is 6.79 Å². The van der Waals surface area contributed by atoms with Gasteiger partial charge in [-0.1, -0.05) is 36.1 Å². The molecule has 0 bridgehead atoms. The van der Waals surface area contributed by atoms with Crippen molar-refractivity contribution in [2.75, 3.05) is 20.0 Å². The van der Waals surface area contributed by atoms with E-state index in [0.717, 1.165) is 32.7 Å². The summed E-state index contributed by atoms with van der Waals surface area (Å²) in [6.45, 7) is 4.14. The van der Waals surface area contributed by atoms with Crippen molar-refractivity contribution >= 4 is 33.5 Å². The summed E-state index contributed by atoms with van der Waals surface area (Å²) in [7, 11) is 0. The summed E-state index contributed by atoms with van der Waals surface area (Å²) >= 11 is 0. The van der Waals surface area contributed by atoms with E-state index in [9.17, 15) is 9.59 Å². The molecule has 6 heteroatoms. The first kappa shape index (κ1) is 23.8. The highest BCUT2D eigenvalue weighted by atomic mass is 16.7. The van der Waals surface area contributed by atoms with E-state index in [1.54, 1.807) is 13.8 Å². The molecule has 4 aromatic rings. The predicted molar refractivity (Wildman–Crippen MR) is 140 cm³/mol. The Bertz CT molecular complexity index is 1550. The SMILES string of the molecule is CCOC(=O)C#Cc1ccc2c3c(ccc2c1)OCOc1ccc2cc(C#CC(=O)OCC)ccc2c1-3. The van der Waals surface area contributed by atoms with Gasteiger partial charge in [0.05, 0.1) is 13.2 Å². The molecule has 0 spiro atoms. The first-order valence-electron chi connectivity index (χ1n) is 11.8. The third kappa shape index (κ3) is 4.91. The molecule has 1 aliphatic heterocycles. The minimum Gasteiger partial charge on any atom is -0.457 e. The maximum absolute atomic E-state index is 11.6. The van der Waals surface area contributed by atoms with Crippen LogP contribution in [0.15, 0.2) is 60.7 Å². The van der Waals surface area contributed by atoms with E-state index < -0.39 is 11.9 Å². The zero-order chi connectivity index (χ0) is 25.8. The highest BCUT2D eigenvalue weighted by Gasteiger charge is 2.22. The molecule has 0 unspecified atom stereocenters. The number of carbonyl (C=O) groups excluding carboxylic acids is 2. The third-order valence-corrected chi connectivity index (χ3v) is 5.81. The highest BCUT2D eigenvalue weighted by molar-refractivity contribution is 6.10. The van der Waals surface area contributed by atoms with Crippen LogP contribution in [0.3, 0.4) is 0 Å². The quantitative estimate of drug-likeness (QED) is 0.284. The lowest BCUT2D eigenvalue weighted by atomic mass is 9.91. The molecule has 37 heavy (non-hydrogen) atoms. The summed E-state index contributed by atoms with van der Waals surface area (Å²) in [5.41, 5.74) is 3.22. The topological polar surface area (TPSA) is 71.1 Å². The summed E-state index contributed by atoms with van der Waals surface area (Å²) in [6.07, 6.45) is 0. The van der Waals surface area contributed by atoms with Crippen LogP contribution in [0.1, 0.15) is 25.0 Å². The monoisotopic (exact) mass is 490 g/mol. The lowest BCUT2D eigenvalue weighted by Crippen LogP contribution is -2.03. The van der Waals surface area contributed by atoms with E-state index in [1.165, 1.54) is 0 Å². The van der Waals surface area contributed by atoms with Crippen molar-refractivity contribution in [2.24, 2.45) is 0 Å². The van der Waals surface area contributed by atoms with Crippen molar-refractivity contribution in [2.45, 2.75) is 13.8 Å². The minimum absolute atomic E-state index is 0.0865. The van der Waals surface area contributed by atoms with Crippen molar-refractivity contribution in [1.29, 1.82) is 0 Å². The molecule has 0 atom stereocenters. The fraction of sp³-hybridized carbons (Fsp3) is 0.161. The van der Waals surface area contributed by atoms with Gasteiger partial charge < -0.3 is 18.9 Å². The molecule has 0 aliphatic carbocycles. The molecule has 1 aliphatic rings. The Balaban J connectivity index is 1.64. The average Bonchev–Trinajstić information content (AvgIpc) is 3.10. The molecular formula is C31H22O6. The normalized spacial score (nSPS) is 11.3. The molecule has 0 radical (unpaired) electrons. The second-order valence-corrected chi connectivity index (χ2v) is 8.10. The van der Waals surface area contributed by atoms with Crippen LogP contribution in [0.4, 0.5) is 0 Å². The second-order valence-electron chi connectivity index (χ2n) is 8.10. The number of benzene rings is 4. The molecular weight excluding hydrogens is 468 g/mol. The van der Waals surface area contributed by atoms with Crippen LogP contribution in [0.2, 0.25) is 0 Å². The van der Waals surface area contributed by atoms with Gasteiger partial charge in [0.15, 0.2) is 0 Å². The Morgan fingerprint density at radius 2 is 1.16 bits per heavy atom. The summed E-state index contributed by atoms with van der Waals surface area (Å²) < 4.78 is 21.7. The molecule has 6 nitrogen and oxygen atoms in total. The van der Waals surface area contributed by atoms with Gasteiger partial charge in [-0.05, 0) is 71.8 Å². The smallest absolute Gasteiger partial charge is 0.384 e. The number of esters is 2. The number of fused-ring (bicyclic) bond motifs is 7. The predicted octanol–water partition coefficient (Wildman–Crippen LogP) is 5.22. The highest BCUT2D eigenvalue weighted by Crippen LogP contribution is 2.47. The largest absolute Gasteiger partial charge is 0.457 e. The molecule has 0 N–H and O–H groups in total. The van der Waals surface area contributed by atoms with Crippen LogP contribution in [0.25, 0.3) is 32.7 Å². The zero-order valence-electron chi connectivity index (χ0n) is 20.3. The van der Waals surface area contributed by atoms with Gasteiger partial charge in [0.1, 0.15) is 11.5 Å². The van der Waals surface area contributed by atoms with Crippen molar-refractivity contribution in [1.82, 2.24) is 0 Å². The first-order chi connectivity index (χ1) is 18.1. The lowest BCUT2D eigenvalue weighted by molar-refractivity contribution is -0.137. The fourth-order valence-electron chi connectivity index (χ4n) is 4.27. The second kappa shape index (κ2) is 10.4. The Labute approximate surface area is 214 Å². The molecule has 182 valence electrons. The first-order valence-corrected chi connectivity index (χ1v) is 11.8. The van der Waals surface area contributed by atoms with Gasteiger partial charge in [-0.2, -0.15) is 0 Å². The van der Waals surface area contributed by atoms with Crippen LogP contribution in [-0.2, 0) is 19.1 Å². The molecule has 1 heterocycles. The van der Waals surface area contributed by atoms with Crippen LogP contribution < -0.4 is 9.47 Å². The minimum atomic E-state index is -0.554. The third-order valence-electron chi connectivity index (χ3n) is 5.81. The maximum atomic E-state index is 11.6. The molecule has 0 fully saturated rings. The van der Waals surface area contributed by atoms with Crippen molar-refractivity contribution in [3.8, 4) is 46.3 Å². The van der Waals surface area contributed by atoms with E-state index >= 15 is 0 Å². The lowest BCUT2D eigenvalue weighted by Gasteiger charge is -2.14. The van der Waals surface area contributed by atoms with Gasteiger partial charge in [0.25, 0.3) is 0 Å². The van der Waals surface area contributed by atoms with E-state index in [2.05, 4.69) is 23.7 Å². The van der Waals surface area contributed by atoms with Crippen LogP contribution >= 0.6 is 0 Å². The average molecular weight is 491 g/mol. The van der Waals surface area contributed by atoms with Crippen LogP contribution in [0, 0.1) is 23.7 Å². The fourth-order valence-corrected chi connectivity index (χ4v) is 4.27. The van der Waals surface area contributed by atoms with E-state index in [0.29, 0.717) is 22.6 Å². The summed E-state index contributed by atoms with van der Waals surface area (Å²) in [5.74, 6) is 11.1. The van der Waals surface area contributed by atoms with E-state index in [1.807, 2.05) is 60.7 Å². The zero-order valence-corrected chi connectivity index (χ0v) is 20.3. The molecule has 5 rings (SSSR count). The summed E-state index contributed by atoms with van der Waals surface area (Å²) in [6, 6.07) is 19.3. The van der Waals surface area contributed by atoms with Crippen molar-refractivity contribution < 1.29 is 28.5 Å². The standard InChI is InChI=1S/C31H22O6/c1-3-34-28(32)15-7-20-5-11-24-22(17-20)9-13-26-30(24)31-25-12-6-21(8-16-29(33)35-4-2)18-23(25)10-14-27(31)37-19-36-26/h5-6,9-14,17-18H,3-4,19H2,1-2H3. The summed E-state index contributed by atoms with van der Waals surface area (Å²) in [4.78, 5) is 23.3. The maximum Gasteiger partial charge on any atom is 0.384 e. The number of hydrogen-bond donors (Lipinski definition) is 0. The van der Waals surface area contributed by atoms with Gasteiger partial charge in [-0.25, -0.2) is 9.59 Å².